The monoisotopic (exact) mass is 287 g/mol. The van der Waals surface area contributed by atoms with Crippen molar-refractivity contribution < 1.29 is 14.8 Å². The number of ether oxygens (including phenoxy) is 1. The second-order valence-electron chi connectivity index (χ2n) is 4.69. The van der Waals surface area contributed by atoms with Gasteiger partial charge in [0.25, 0.3) is 0 Å². The van der Waals surface area contributed by atoms with Crippen LogP contribution in [0.2, 0.25) is 0 Å². The van der Waals surface area contributed by atoms with E-state index in [0.29, 0.717) is 11.1 Å². The summed E-state index contributed by atoms with van der Waals surface area (Å²) in [6, 6.07) is 12.0. The van der Waals surface area contributed by atoms with E-state index in [1.165, 1.54) is 24.8 Å². The fraction of sp³-hybridized carbons (Fsp3) is 0.250. The molecule has 0 amide bonds. The Kier molecular flexibility index (Phi) is 4.55. The van der Waals surface area contributed by atoms with Crippen LogP contribution in [0.1, 0.15) is 29.7 Å². The summed E-state index contributed by atoms with van der Waals surface area (Å²) in [5, 5.41) is 21.4. The molecule has 0 aliphatic rings. The van der Waals surface area contributed by atoms with Crippen molar-refractivity contribution in [2.24, 2.45) is 0 Å². The second-order valence-corrected chi connectivity index (χ2v) is 4.69. The minimum atomic E-state index is -0.902. The van der Waals surface area contributed by atoms with Crippen LogP contribution in [0.15, 0.2) is 42.5 Å². The Balaban J connectivity index is 2.35. The van der Waals surface area contributed by atoms with Crippen molar-refractivity contribution in [3.63, 3.8) is 0 Å². The summed E-state index contributed by atoms with van der Waals surface area (Å²) >= 11 is 0. The summed E-state index contributed by atoms with van der Waals surface area (Å²) in [6.45, 7) is 2.05. The molecule has 1 N–H and O–H groups in total. The summed E-state index contributed by atoms with van der Waals surface area (Å²) in [5.74, 6) is 0.178. The number of hydrogen-bond acceptors (Lipinski definition) is 4. The molecule has 0 heterocycles. The molecule has 2 rings (SSSR count). The maximum absolute atomic E-state index is 11.0. The minimum absolute atomic E-state index is 0.153. The molecule has 2 aromatic rings. The van der Waals surface area contributed by atoms with Gasteiger partial charge in [-0.1, -0.05) is 37.3 Å². The first kappa shape index (κ1) is 15.0. The van der Waals surface area contributed by atoms with Crippen molar-refractivity contribution >= 4 is 5.69 Å². The van der Waals surface area contributed by atoms with Gasteiger partial charge in [0.1, 0.15) is 6.10 Å². The maximum atomic E-state index is 11.0. The third kappa shape index (κ3) is 3.20. The molecule has 0 spiro atoms. The molecule has 21 heavy (non-hydrogen) atoms. The van der Waals surface area contributed by atoms with E-state index < -0.39 is 11.0 Å². The van der Waals surface area contributed by atoms with Crippen LogP contribution >= 0.6 is 0 Å². The van der Waals surface area contributed by atoms with E-state index in [1.807, 2.05) is 24.3 Å². The van der Waals surface area contributed by atoms with Crippen LogP contribution in [0.5, 0.6) is 5.75 Å². The summed E-state index contributed by atoms with van der Waals surface area (Å²) < 4.78 is 4.95. The molecule has 1 atom stereocenters. The molecule has 0 aliphatic carbocycles. The van der Waals surface area contributed by atoms with E-state index in [2.05, 4.69) is 6.92 Å². The van der Waals surface area contributed by atoms with Crippen LogP contribution in [0.4, 0.5) is 5.69 Å². The maximum Gasteiger partial charge on any atom is 0.311 e. The molecule has 0 radical (unpaired) electrons. The van der Waals surface area contributed by atoms with Gasteiger partial charge in [-0.3, -0.25) is 10.1 Å². The fourth-order valence-electron chi connectivity index (χ4n) is 2.15. The van der Waals surface area contributed by atoms with Gasteiger partial charge in [-0.2, -0.15) is 0 Å². The van der Waals surface area contributed by atoms with Gasteiger partial charge in [-0.15, -0.1) is 0 Å². The highest BCUT2D eigenvalue weighted by atomic mass is 16.6. The zero-order valence-corrected chi connectivity index (χ0v) is 11.9. The normalized spacial score (nSPS) is 12.0. The first-order chi connectivity index (χ1) is 10.1. The van der Waals surface area contributed by atoms with Gasteiger partial charge in [0.15, 0.2) is 5.75 Å². The Morgan fingerprint density at radius 3 is 2.33 bits per heavy atom. The van der Waals surface area contributed by atoms with Crippen LogP contribution in [0.3, 0.4) is 0 Å². The van der Waals surface area contributed by atoms with Crippen LogP contribution in [-0.2, 0) is 6.42 Å². The average Bonchev–Trinajstić information content (AvgIpc) is 2.53. The molecule has 2 aromatic carbocycles. The minimum Gasteiger partial charge on any atom is -0.490 e. The second kappa shape index (κ2) is 6.37. The van der Waals surface area contributed by atoms with Crippen molar-refractivity contribution in [2.45, 2.75) is 19.4 Å². The molecule has 0 fully saturated rings. The molecular formula is C16H17NO4. The number of hydrogen-bond donors (Lipinski definition) is 1. The van der Waals surface area contributed by atoms with Crippen molar-refractivity contribution in [3.05, 3.63) is 69.3 Å². The Labute approximate surface area is 123 Å². The number of rotatable bonds is 5. The molecule has 1 unspecified atom stereocenters. The van der Waals surface area contributed by atoms with Gasteiger partial charge in [0.05, 0.1) is 12.0 Å². The standard InChI is InChI=1S/C16H17NO4/c1-3-11-4-6-12(7-5-11)16(18)13-8-9-15(21-2)14(10-13)17(19)20/h4-10,16,18H,3H2,1-2H3. The summed E-state index contributed by atoms with van der Waals surface area (Å²) in [5.41, 5.74) is 2.18. The van der Waals surface area contributed by atoms with Crippen molar-refractivity contribution in [1.82, 2.24) is 0 Å². The molecule has 5 heteroatoms. The predicted octanol–water partition coefficient (Wildman–Crippen LogP) is 3.25. The largest absolute Gasteiger partial charge is 0.490 e. The molecular weight excluding hydrogens is 270 g/mol. The van der Waals surface area contributed by atoms with Gasteiger partial charge in [-0.25, -0.2) is 0 Å². The van der Waals surface area contributed by atoms with E-state index in [1.54, 1.807) is 6.07 Å². The van der Waals surface area contributed by atoms with Gasteiger partial charge < -0.3 is 9.84 Å². The highest BCUT2D eigenvalue weighted by Gasteiger charge is 2.19. The predicted molar refractivity (Wildman–Crippen MR) is 79.5 cm³/mol. The Hall–Kier alpha value is -2.40. The lowest BCUT2D eigenvalue weighted by Gasteiger charge is -2.13. The van der Waals surface area contributed by atoms with E-state index >= 15 is 0 Å². The molecule has 5 nitrogen and oxygen atoms in total. The highest BCUT2D eigenvalue weighted by molar-refractivity contribution is 5.50. The van der Waals surface area contributed by atoms with Crippen LogP contribution < -0.4 is 4.74 Å². The third-order valence-electron chi connectivity index (χ3n) is 3.42. The summed E-state index contributed by atoms with van der Waals surface area (Å²) in [4.78, 5) is 10.5. The number of methoxy groups -OCH3 is 1. The Bertz CT molecular complexity index is 637. The third-order valence-corrected chi connectivity index (χ3v) is 3.42. The van der Waals surface area contributed by atoms with Gasteiger partial charge >= 0.3 is 5.69 Å². The Morgan fingerprint density at radius 1 is 1.19 bits per heavy atom. The number of aryl methyl sites for hydroxylation is 1. The number of aliphatic hydroxyl groups is 1. The fourth-order valence-corrected chi connectivity index (χ4v) is 2.15. The first-order valence-corrected chi connectivity index (χ1v) is 6.66. The lowest BCUT2D eigenvalue weighted by molar-refractivity contribution is -0.385. The summed E-state index contributed by atoms with van der Waals surface area (Å²) in [7, 11) is 1.38. The van der Waals surface area contributed by atoms with Crippen molar-refractivity contribution in [3.8, 4) is 5.75 Å². The molecule has 0 aromatic heterocycles. The lowest BCUT2D eigenvalue weighted by atomic mass is 9.99. The Morgan fingerprint density at radius 2 is 1.81 bits per heavy atom. The quantitative estimate of drug-likeness (QED) is 0.676. The number of nitro benzene ring substituents is 1. The molecule has 0 bridgehead atoms. The number of nitro groups is 1. The zero-order valence-electron chi connectivity index (χ0n) is 11.9. The van der Waals surface area contributed by atoms with Crippen LogP contribution in [-0.4, -0.2) is 17.1 Å². The first-order valence-electron chi connectivity index (χ1n) is 6.66. The summed E-state index contributed by atoms with van der Waals surface area (Å²) in [6.07, 6.45) is 0.0187. The number of aliphatic hydroxyl groups excluding tert-OH is 1. The SMILES string of the molecule is CCc1ccc(C(O)c2ccc(OC)c([N+](=O)[O-])c2)cc1. The van der Waals surface area contributed by atoms with E-state index in [0.717, 1.165) is 6.42 Å². The number of benzene rings is 2. The molecule has 0 saturated carbocycles. The molecule has 0 aliphatic heterocycles. The van der Waals surface area contributed by atoms with Crippen LogP contribution in [0, 0.1) is 10.1 Å². The average molecular weight is 287 g/mol. The van der Waals surface area contributed by atoms with Crippen molar-refractivity contribution in [1.29, 1.82) is 0 Å². The van der Waals surface area contributed by atoms with Gasteiger partial charge in [0.2, 0.25) is 0 Å². The number of nitrogens with zero attached hydrogens (tertiary/aromatic N) is 1. The highest BCUT2D eigenvalue weighted by Crippen LogP contribution is 2.32. The molecule has 0 saturated heterocycles. The lowest BCUT2D eigenvalue weighted by Crippen LogP contribution is -2.02. The topological polar surface area (TPSA) is 72.6 Å². The van der Waals surface area contributed by atoms with E-state index in [4.69, 9.17) is 4.74 Å². The zero-order chi connectivity index (χ0) is 15.4. The van der Waals surface area contributed by atoms with Gasteiger partial charge in [-0.05, 0) is 29.2 Å². The van der Waals surface area contributed by atoms with Crippen molar-refractivity contribution in [2.75, 3.05) is 7.11 Å². The van der Waals surface area contributed by atoms with E-state index in [9.17, 15) is 15.2 Å². The van der Waals surface area contributed by atoms with Gasteiger partial charge in [0, 0.05) is 6.07 Å². The van der Waals surface area contributed by atoms with Crippen LogP contribution in [0.25, 0.3) is 0 Å². The van der Waals surface area contributed by atoms with E-state index in [-0.39, 0.29) is 11.4 Å². The molecule has 110 valence electrons. The smallest absolute Gasteiger partial charge is 0.311 e.